The van der Waals surface area contributed by atoms with Crippen molar-refractivity contribution >= 4 is 17.5 Å². The molecular weight excluding hydrogens is 338 g/mol. The Kier molecular flexibility index (Phi) is 5.09. The van der Waals surface area contributed by atoms with E-state index in [1.165, 1.54) is 0 Å². The maximum Gasteiger partial charge on any atom is 0.293 e. The number of nitrogens with zero attached hydrogens (tertiary/aromatic N) is 5. The van der Waals surface area contributed by atoms with E-state index in [2.05, 4.69) is 15.1 Å². The second kappa shape index (κ2) is 7.44. The molecule has 7 heteroatoms. The van der Waals surface area contributed by atoms with Crippen LogP contribution in [0.25, 0.3) is 5.69 Å². The fraction of sp³-hybridized carbons (Fsp3) is 0.222. The predicted molar refractivity (Wildman–Crippen MR) is 96.0 cm³/mol. The minimum atomic E-state index is -0.216. The number of pyridine rings is 1. The quantitative estimate of drug-likeness (QED) is 0.706. The summed E-state index contributed by atoms with van der Waals surface area (Å²) in [7, 11) is 1.74. The van der Waals surface area contributed by atoms with E-state index in [0.29, 0.717) is 23.8 Å². The molecule has 0 N–H and O–H groups in total. The summed E-state index contributed by atoms with van der Waals surface area (Å²) in [6.45, 7) is 2.36. The van der Waals surface area contributed by atoms with Crippen LogP contribution in [0.3, 0.4) is 0 Å². The Bertz CT molecular complexity index is 861. The Morgan fingerprint density at radius 3 is 2.64 bits per heavy atom. The van der Waals surface area contributed by atoms with Gasteiger partial charge in [0.05, 0.1) is 5.69 Å². The minimum Gasteiger partial charge on any atom is -0.339 e. The van der Waals surface area contributed by atoms with E-state index in [0.717, 1.165) is 11.4 Å². The molecule has 0 aliphatic heterocycles. The summed E-state index contributed by atoms with van der Waals surface area (Å²) in [5.41, 5.74) is 1.75. The van der Waals surface area contributed by atoms with Gasteiger partial charge in [-0.3, -0.25) is 9.78 Å². The van der Waals surface area contributed by atoms with E-state index in [1.807, 2.05) is 37.3 Å². The summed E-state index contributed by atoms with van der Waals surface area (Å²) >= 11 is 5.91. The number of aryl methyl sites for hydroxylation is 1. The summed E-state index contributed by atoms with van der Waals surface area (Å²) in [6, 6.07) is 13.0. The Morgan fingerprint density at radius 1 is 1.20 bits per heavy atom. The smallest absolute Gasteiger partial charge is 0.293 e. The lowest BCUT2D eigenvalue weighted by atomic mass is 10.2. The molecule has 1 amide bonds. The fourth-order valence-electron chi connectivity index (χ4n) is 2.41. The van der Waals surface area contributed by atoms with Gasteiger partial charge in [0.15, 0.2) is 0 Å². The molecular formula is C18H18ClN5O. The van der Waals surface area contributed by atoms with Crippen LogP contribution < -0.4 is 0 Å². The van der Waals surface area contributed by atoms with Crippen molar-refractivity contribution in [2.75, 3.05) is 13.6 Å². The van der Waals surface area contributed by atoms with Crippen molar-refractivity contribution in [3.8, 4) is 5.69 Å². The molecule has 1 aromatic carbocycles. The van der Waals surface area contributed by atoms with Crippen LogP contribution in [0.4, 0.5) is 0 Å². The number of hydrogen-bond donors (Lipinski definition) is 0. The maximum absolute atomic E-state index is 12.6. The van der Waals surface area contributed by atoms with E-state index in [-0.39, 0.29) is 11.7 Å². The molecule has 128 valence electrons. The molecule has 0 radical (unpaired) electrons. The molecule has 3 aromatic rings. The van der Waals surface area contributed by atoms with Crippen molar-refractivity contribution in [3.63, 3.8) is 0 Å². The zero-order valence-electron chi connectivity index (χ0n) is 14.1. The predicted octanol–water partition coefficient (Wildman–Crippen LogP) is 2.94. The first-order chi connectivity index (χ1) is 12.0. The van der Waals surface area contributed by atoms with Crippen LogP contribution in [0.1, 0.15) is 22.1 Å². The van der Waals surface area contributed by atoms with Crippen molar-refractivity contribution in [2.24, 2.45) is 0 Å². The van der Waals surface area contributed by atoms with Crippen molar-refractivity contribution in [1.29, 1.82) is 0 Å². The van der Waals surface area contributed by atoms with Gasteiger partial charge in [-0.25, -0.2) is 9.67 Å². The first-order valence-electron chi connectivity index (χ1n) is 7.89. The SMILES string of the molecule is Cc1nc(C(=O)N(C)CCc2ccccn2)nn1-c1ccc(Cl)cc1. The van der Waals surface area contributed by atoms with Crippen LogP contribution in [-0.4, -0.2) is 44.1 Å². The number of amides is 1. The number of hydrogen-bond acceptors (Lipinski definition) is 4. The van der Waals surface area contributed by atoms with Gasteiger partial charge in [-0.05, 0) is 43.3 Å². The molecule has 0 atom stereocenters. The summed E-state index contributed by atoms with van der Waals surface area (Å²) in [6.07, 6.45) is 2.43. The number of likely N-dealkylation sites (N-methyl/N-ethyl adjacent to an activating group) is 1. The Balaban J connectivity index is 1.72. The highest BCUT2D eigenvalue weighted by molar-refractivity contribution is 6.30. The van der Waals surface area contributed by atoms with Crippen LogP contribution in [0.5, 0.6) is 0 Å². The van der Waals surface area contributed by atoms with Gasteiger partial charge in [0.2, 0.25) is 5.82 Å². The van der Waals surface area contributed by atoms with E-state index in [9.17, 15) is 4.79 Å². The molecule has 3 rings (SSSR count). The van der Waals surface area contributed by atoms with Gasteiger partial charge >= 0.3 is 0 Å². The summed E-state index contributed by atoms with van der Waals surface area (Å²) < 4.78 is 1.64. The Morgan fingerprint density at radius 2 is 1.96 bits per heavy atom. The molecule has 0 saturated heterocycles. The van der Waals surface area contributed by atoms with Gasteiger partial charge in [0.1, 0.15) is 5.82 Å². The van der Waals surface area contributed by atoms with Crippen molar-refractivity contribution < 1.29 is 4.79 Å². The van der Waals surface area contributed by atoms with E-state index in [4.69, 9.17) is 11.6 Å². The van der Waals surface area contributed by atoms with Gasteiger partial charge in [-0.15, -0.1) is 5.10 Å². The first kappa shape index (κ1) is 17.1. The standard InChI is InChI=1S/C18H18ClN5O/c1-13-21-17(22-24(13)16-8-6-14(19)7-9-16)18(25)23(2)12-10-15-5-3-4-11-20-15/h3-9,11H,10,12H2,1-2H3. The zero-order valence-corrected chi connectivity index (χ0v) is 14.8. The van der Waals surface area contributed by atoms with Gasteiger partial charge < -0.3 is 4.90 Å². The van der Waals surface area contributed by atoms with Crippen molar-refractivity contribution in [2.45, 2.75) is 13.3 Å². The third-order valence-electron chi connectivity index (χ3n) is 3.81. The normalized spacial score (nSPS) is 10.7. The molecule has 2 aromatic heterocycles. The third-order valence-corrected chi connectivity index (χ3v) is 4.06. The molecule has 2 heterocycles. The number of carbonyl (C=O) groups excluding carboxylic acids is 1. The summed E-state index contributed by atoms with van der Waals surface area (Å²) in [4.78, 5) is 22.7. The van der Waals surface area contributed by atoms with Gasteiger partial charge in [-0.1, -0.05) is 17.7 Å². The van der Waals surface area contributed by atoms with Crippen LogP contribution in [0, 0.1) is 6.92 Å². The van der Waals surface area contributed by atoms with Crippen molar-refractivity contribution in [1.82, 2.24) is 24.6 Å². The number of rotatable bonds is 5. The molecule has 0 spiro atoms. The molecule has 0 unspecified atom stereocenters. The van der Waals surface area contributed by atoms with Gasteiger partial charge in [0.25, 0.3) is 5.91 Å². The number of carbonyl (C=O) groups is 1. The molecule has 0 bridgehead atoms. The highest BCUT2D eigenvalue weighted by Crippen LogP contribution is 2.14. The van der Waals surface area contributed by atoms with Crippen molar-refractivity contribution in [3.05, 3.63) is 71.0 Å². The number of halogens is 1. The number of benzene rings is 1. The highest BCUT2D eigenvalue weighted by Gasteiger charge is 2.19. The lowest BCUT2D eigenvalue weighted by molar-refractivity contribution is 0.0784. The average molecular weight is 356 g/mol. The van der Waals surface area contributed by atoms with Crippen LogP contribution in [-0.2, 0) is 6.42 Å². The third kappa shape index (κ3) is 4.03. The maximum atomic E-state index is 12.6. The van der Waals surface area contributed by atoms with Gasteiger partial charge in [0, 0.05) is 36.9 Å². The minimum absolute atomic E-state index is 0.177. The molecule has 0 saturated carbocycles. The highest BCUT2D eigenvalue weighted by atomic mass is 35.5. The second-order valence-electron chi connectivity index (χ2n) is 5.67. The first-order valence-corrected chi connectivity index (χ1v) is 8.27. The average Bonchev–Trinajstić information content (AvgIpc) is 3.02. The van der Waals surface area contributed by atoms with Gasteiger partial charge in [-0.2, -0.15) is 0 Å². The molecule has 6 nitrogen and oxygen atoms in total. The Labute approximate surface area is 151 Å². The number of aromatic nitrogens is 4. The monoisotopic (exact) mass is 355 g/mol. The van der Waals surface area contributed by atoms with E-state index < -0.39 is 0 Å². The molecule has 25 heavy (non-hydrogen) atoms. The second-order valence-corrected chi connectivity index (χ2v) is 6.11. The van der Waals surface area contributed by atoms with E-state index in [1.54, 1.807) is 35.0 Å². The molecule has 0 aliphatic rings. The Hall–Kier alpha value is -2.73. The van der Waals surface area contributed by atoms with Crippen LogP contribution >= 0.6 is 11.6 Å². The van der Waals surface area contributed by atoms with E-state index >= 15 is 0 Å². The topological polar surface area (TPSA) is 63.9 Å². The zero-order chi connectivity index (χ0) is 17.8. The largest absolute Gasteiger partial charge is 0.339 e. The lowest BCUT2D eigenvalue weighted by Gasteiger charge is -2.14. The molecule has 0 aliphatic carbocycles. The van der Waals surface area contributed by atoms with Crippen LogP contribution in [0.15, 0.2) is 48.7 Å². The summed E-state index contributed by atoms with van der Waals surface area (Å²) in [5.74, 6) is 0.603. The lowest BCUT2D eigenvalue weighted by Crippen LogP contribution is -2.30. The fourth-order valence-corrected chi connectivity index (χ4v) is 2.53. The molecule has 0 fully saturated rings. The summed E-state index contributed by atoms with van der Waals surface area (Å²) in [5, 5.41) is 4.99. The van der Waals surface area contributed by atoms with Crippen LogP contribution in [0.2, 0.25) is 5.02 Å².